The Kier molecular flexibility index (Phi) is 2.42. The van der Waals surface area contributed by atoms with Crippen LogP contribution in [0.1, 0.15) is 6.92 Å². The zero-order valence-corrected chi connectivity index (χ0v) is 9.89. The van der Waals surface area contributed by atoms with E-state index >= 15 is 0 Å². The number of hydrogen-bond acceptors (Lipinski definition) is 4. The molecule has 2 rings (SSSR count). The maximum atomic E-state index is 11.6. The van der Waals surface area contributed by atoms with Crippen LogP contribution in [0.15, 0.2) is 0 Å². The predicted octanol–water partition coefficient (Wildman–Crippen LogP) is -0.146. The second kappa shape index (κ2) is 3.38. The molecule has 2 aliphatic heterocycles. The summed E-state index contributed by atoms with van der Waals surface area (Å²) in [6, 6.07) is -0.464. The first-order valence-corrected chi connectivity index (χ1v) is 5.70. The van der Waals surface area contributed by atoms with Gasteiger partial charge in [0.15, 0.2) is 5.66 Å². The van der Waals surface area contributed by atoms with E-state index in [-0.39, 0.29) is 23.8 Å². The van der Waals surface area contributed by atoms with Crippen LogP contribution in [0.2, 0.25) is 0 Å². The maximum Gasteiger partial charge on any atom is 0.321 e. The van der Waals surface area contributed by atoms with Gasteiger partial charge in [-0.05, 0) is 6.92 Å². The molecule has 15 heavy (non-hydrogen) atoms. The molecule has 0 aromatic heterocycles. The van der Waals surface area contributed by atoms with E-state index in [0.29, 0.717) is 0 Å². The molecule has 2 heterocycles. The zero-order valence-electron chi connectivity index (χ0n) is 8.10. The Morgan fingerprint density at radius 2 is 1.60 bits per heavy atom. The van der Waals surface area contributed by atoms with Crippen molar-refractivity contribution in [3.63, 3.8) is 0 Å². The molecule has 4 amide bonds. The fourth-order valence-corrected chi connectivity index (χ4v) is 2.83. The van der Waals surface area contributed by atoms with Crippen LogP contribution >= 0.6 is 25.3 Å². The van der Waals surface area contributed by atoms with Crippen LogP contribution in [0.4, 0.5) is 9.59 Å². The van der Waals surface area contributed by atoms with Crippen LogP contribution in [0.25, 0.3) is 0 Å². The van der Waals surface area contributed by atoms with Crippen LogP contribution in [0.5, 0.6) is 0 Å². The summed E-state index contributed by atoms with van der Waals surface area (Å²) in [5.41, 5.74) is -0.725. The molecular weight excluding hydrogens is 236 g/mol. The lowest BCUT2D eigenvalue weighted by Crippen LogP contribution is -2.57. The summed E-state index contributed by atoms with van der Waals surface area (Å²) in [5, 5.41) is 5.37. The quantitative estimate of drug-likeness (QED) is 0.514. The Balaban J connectivity index is 2.39. The van der Waals surface area contributed by atoms with Crippen LogP contribution in [0, 0.1) is 0 Å². The van der Waals surface area contributed by atoms with Gasteiger partial charge < -0.3 is 10.6 Å². The average Bonchev–Trinajstić information content (AvgIpc) is 2.52. The Hall–Kier alpha value is -0.760. The maximum absolute atomic E-state index is 11.6. The van der Waals surface area contributed by atoms with E-state index in [1.165, 1.54) is 9.80 Å². The summed E-state index contributed by atoms with van der Waals surface area (Å²) in [5.74, 6) is 0.496. The Bertz CT molecular complexity index is 298. The molecular formula is C7H12N4O2S2. The fourth-order valence-electron chi connectivity index (χ4n) is 2.00. The normalized spacial score (nSPS) is 34.2. The SMILES string of the molecule is CC12C(NC(=O)N1CS)NC(=O)N2CS. The fraction of sp³-hybridized carbons (Fsp3) is 0.714. The van der Waals surface area contributed by atoms with Crippen LogP contribution in [-0.2, 0) is 0 Å². The molecule has 0 atom stereocenters. The number of carbonyl (C=O) groups is 2. The first-order valence-electron chi connectivity index (χ1n) is 4.43. The number of carbonyl (C=O) groups excluding carboxylic acids is 2. The third-order valence-electron chi connectivity index (χ3n) is 2.95. The highest BCUT2D eigenvalue weighted by molar-refractivity contribution is 7.80. The van der Waals surface area contributed by atoms with Gasteiger partial charge in [0.1, 0.15) is 6.17 Å². The van der Waals surface area contributed by atoms with E-state index in [0.717, 1.165) is 0 Å². The minimum atomic E-state index is -0.725. The molecule has 0 saturated carbocycles. The molecule has 0 radical (unpaired) electrons. The summed E-state index contributed by atoms with van der Waals surface area (Å²) in [6.07, 6.45) is -0.406. The second-order valence-corrected chi connectivity index (χ2v) is 4.13. The van der Waals surface area contributed by atoms with E-state index in [4.69, 9.17) is 0 Å². The molecule has 8 heteroatoms. The predicted molar refractivity (Wildman–Crippen MR) is 60.6 cm³/mol. The highest BCUT2D eigenvalue weighted by atomic mass is 32.1. The van der Waals surface area contributed by atoms with Crippen molar-refractivity contribution in [3.8, 4) is 0 Å². The molecule has 6 nitrogen and oxygen atoms in total. The second-order valence-electron chi connectivity index (χ2n) is 3.56. The molecule has 0 unspecified atom stereocenters. The van der Waals surface area contributed by atoms with Gasteiger partial charge in [-0.25, -0.2) is 9.59 Å². The lowest BCUT2D eigenvalue weighted by atomic mass is 10.1. The van der Waals surface area contributed by atoms with Crippen molar-refractivity contribution >= 4 is 37.3 Å². The van der Waals surface area contributed by atoms with E-state index in [1.54, 1.807) is 6.92 Å². The number of hydrogen-bond donors (Lipinski definition) is 4. The Morgan fingerprint density at radius 1 is 1.20 bits per heavy atom. The number of fused-ring (bicyclic) bond motifs is 1. The van der Waals surface area contributed by atoms with Crippen molar-refractivity contribution < 1.29 is 9.59 Å². The summed E-state index contributed by atoms with van der Waals surface area (Å²) >= 11 is 8.19. The highest BCUT2D eigenvalue weighted by Gasteiger charge is 2.59. The molecule has 2 saturated heterocycles. The van der Waals surface area contributed by atoms with Gasteiger partial charge in [0.25, 0.3) is 0 Å². The van der Waals surface area contributed by atoms with Gasteiger partial charge >= 0.3 is 12.1 Å². The average molecular weight is 248 g/mol. The Labute approximate surface area is 98.2 Å². The van der Waals surface area contributed by atoms with Crippen LogP contribution < -0.4 is 10.6 Å². The minimum absolute atomic E-state index is 0.232. The lowest BCUT2D eigenvalue weighted by Gasteiger charge is -2.37. The van der Waals surface area contributed by atoms with Gasteiger partial charge in [0.05, 0.1) is 11.8 Å². The number of rotatable bonds is 2. The molecule has 0 aromatic rings. The summed E-state index contributed by atoms with van der Waals surface area (Å²) in [6.45, 7) is 1.81. The van der Waals surface area contributed by atoms with Gasteiger partial charge in [-0.3, -0.25) is 9.80 Å². The largest absolute Gasteiger partial charge is 0.321 e. The molecule has 0 spiro atoms. The number of amides is 4. The third-order valence-corrected chi connectivity index (χ3v) is 3.51. The smallest absolute Gasteiger partial charge is 0.314 e. The number of nitrogens with zero attached hydrogens (tertiary/aromatic N) is 2. The minimum Gasteiger partial charge on any atom is -0.314 e. The van der Waals surface area contributed by atoms with E-state index < -0.39 is 11.8 Å². The van der Waals surface area contributed by atoms with Crippen molar-refractivity contribution in [2.24, 2.45) is 0 Å². The monoisotopic (exact) mass is 248 g/mol. The molecule has 2 N–H and O–H groups in total. The van der Waals surface area contributed by atoms with Crippen LogP contribution in [-0.4, -0.2) is 45.4 Å². The highest BCUT2D eigenvalue weighted by Crippen LogP contribution is 2.33. The number of urea groups is 2. The third kappa shape index (κ3) is 1.21. The molecule has 2 aliphatic rings. The molecule has 0 aliphatic carbocycles. The topological polar surface area (TPSA) is 64.7 Å². The summed E-state index contributed by atoms with van der Waals surface area (Å²) < 4.78 is 0. The van der Waals surface area contributed by atoms with Gasteiger partial charge in [-0.15, -0.1) is 0 Å². The van der Waals surface area contributed by atoms with Crippen molar-refractivity contribution in [1.82, 2.24) is 20.4 Å². The molecule has 0 aromatic carbocycles. The van der Waals surface area contributed by atoms with Crippen molar-refractivity contribution in [1.29, 1.82) is 0 Å². The van der Waals surface area contributed by atoms with Crippen molar-refractivity contribution in [2.75, 3.05) is 11.8 Å². The van der Waals surface area contributed by atoms with Gasteiger partial charge in [0, 0.05) is 0 Å². The summed E-state index contributed by atoms with van der Waals surface area (Å²) in [4.78, 5) is 26.1. The number of nitrogens with one attached hydrogen (secondary N) is 2. The van der Waals surface area contributed by atoms with Crippen molar-refractivity contribution in [3.05, 3.63) is 0 Å². The van der Waals surface area contributed by atoms with Crippen LogP contribution in [0.3, 0.4) is 0 Å². The van der Waals surface area contributed by atoms with E-state index in [9.17, 15) is 9.59 Å². The standard InChI is InChI=1S/C7H12N4O2S2/c1-7-4(8-5(12)10(7)2-14)9-6(13)11(7)3-15/h4,14-15H,2-3H2,1H3,(H,8,12)(H,9,13). The Morgan fingerprint density at radius 3 is 1.93 bits per heavy atom. The summed E-state index contributed by atoms with van der Waals surface area (Å²) in [7, 11) is 0. The lowest BCUT2D eigenvalue weighted by molar-refractivity contribution is 0.0720. The number of thiol groups is 2. The zero-order chi connectivity index (χ0) is 11.2. The first-order chi connectivity index (χ1) is 7.05. The van der Waals surface area contributed by atoms with Gasteiger partial charge in [-0.1, -0.05) is 0 Å². The first kappa shape index (κ1) is 10.7. The van der Waals surface area contributed by atoms with Crippen molar-refractivity contribution in [2.45, 2.75) is 18.8 Å². The van der Waals surface area contributed by atoms with E-state index in [1.807, 2.05) is 0 Å². The molecule has 2 fully saturated rings. The molecule has 84 valence electrons. The molecule has 0 bridgehead atoms. The van der Waals surface area contributed by atoms with E-state index in [2.05, 4.69) is 35.9 Å². The van der Waals surface area contributed by atoms with Gasteiger partial charge in [-0.2, -0.15) is 25.3 Å². The van der Waals surface area contributed by atoms with Gasteiger partial charge in [0.2, 0.25) is 0 Å².